The molecule has 14 nitrogen and oxygen atoms in total. The number of aromatic nitrogens is 2. The number of ether oxygens (including phenoxy) is 1. The van der Waals surface area contributed by atoms with E-state index >= 15 is 0 Å². The maximum Gasteiger partial charge on any atom is 0.343 e. The van der Waals surface area contributed by atoms with Crippen molar-refractivity contribution in [2.24, 2.45) is 0 Å². The highest BCUT2D eigenvalue weighted by molar-refractivity contribution is 6.07. The van der Waals surface area contributed by atoms with Crippen molar-refractivity contribution in [2.75, 3.05) is 4.90 Å². The van der Waals surface area contributed by atoms with Crippen LogP contribution in [-0.4, -0.2) is 65.6 Å². The number of aromatic hydroxyl groups is 2. The number of nitrogens with zero attached hydrogens (tertiary/aromatic N) is 3. The van der Waals surface area contributed by atoms with E-state index in [0.717, 1.165) is 0 Å². The van der Waals surface area contributed by atoms with Gasteiger partial charge in [0.25, 0.3) is 5.56 Å². The third kappa shape index (κ3) is 4.19. The molecule has 4 aromatic rings. The average Bonchev–Trinajstić information content (AvgIpc) is 3.79. The third-order valence-corrected chi connectivity index (χ3v) is 11.7. The van der Waals surface area contributed by atoms with E-state index in [1.54, 1.807) is 67.3 Å². The summed E-state index contributed by atoms with van der Waals surface area (Å²) in [6.07, 6.45) is -0.0491. The molecule has 5 aliphatic rings. The van der Waals surface area contributed by atoms with Crippen LogP contribution in [0.25, 0.3) is 16.6 Å². The SMILES string of the molecule is Cc1c(O)c(C(=O)O)c(O)c2c1[C@H](C)[C@@H](C)O[C@@H]2/C=C1\NC(=O)[C@@H](C[C@@]2(O)c3ccccc3N3C(=O)C4(CC4)N[C@@H]32)n2c1nc1ccccc1c2=O. The van der Waals surface area contributed by atoms with Gasteiger partial charge in [0.05, 0.1) is 28.4 Å². The van der Waals surface area contributed by atoms with Gasteiger partial charge in [-0.15, -0.1) is 0 Å². The van der Waals surface area contributed by atoms with Crippen molar-refractivity contribution in [2.45, 2.75) is 81.5 Å². The van der Waals surface area contributed by atoms with Gasteiger partial charge >= 0.3 is 5.97 Å². The minimum Gasteiger partial charge on any atom is -0.507 e. The van der Waals surface area contributed by atoms with E-state index in [0.29, 0.717) is 35.2 Å². The summed E-state index contributed by atoms with van der Waals surface area (Å²) < 4.78 is 7.57. The van der Waals surface area contributed by atoms with Gasteiger partial charge in [-0.2, -0.15) is 0 Å². The molecule has 6 N–H and O–H groups in total. The van der Waals surface area contributed by atoms with Gasteiger partial charge < -0.3 is 30.5 Å². The average molecular weight is 706 g/mol. The van der Waals surface area contributed by atoms with Crippen LogP contribution in [0, 0.1) is 6.92 Å². The van der Waals surface area contributed by atoms with Gasteiger partial charge in [0, 0.05) is 23.5 Å². The van der Waals surface area contributed by atoms with E-state index < -0.39 is 70.1 Å². The molecule has 0 bridgehead atoms. The molecule has 1 spiro atoms. The second kappa shape index (κ2) is 10.7. The van der Waals surface area contributed by atoms with Gasteiger partial charge in [0.15, 0.2) is 5.82 Å². The molecule has 266 valence electrons. The molecular weight excluding hydrogens is 670 g/mol. The molecule has 6 atom stereocenters. The third-order valence-electron chi connectivity index (χ3n) is 11.7. The molecule has 4 aliphatic heterocycles. The zero-order valence-electron chi connectivity index (χ0n) is 28.4. The number of benzene rings is 3. The Labute approximate surface area is 296 Å². The van der Waals surface area contributed by atoms with E-state index in [1.807, 2.05) is 6.92 Å². The quantitative estimate of drug-likeness (QED) is 0.182. The molecule has 1 aliphatic carbocycles. The number of fused-ring (bicyclic) bond motifs is 6. The second-order valence-electron chi connectivity index (χ2n) is 14.5. The van der Waals surface area contributed by atoms with Crippen molar-refractivity contribution in [3.05, 3.63) is 98.6 Å². The molecule has 14 heteroatoms. The Kier molecular flexibility index (Phi) is 6.67. The number of nitrogens with one attached hydrogen (secondary N) is 2. The van der Waals surface area contributed by atoms with Gasteiger partial charge in [-0.3, -0.25) is 29.2 Å². The molecule has 1 saturated carbocycles. The number of hydrogen-bond donors (Lipinski definition) is 6. The summed E-state index contributed by atoms with van der Waals surface area (Å²) in [5.41, 5.74) is -1.47. The Morgan fingerprint density at radius 3 is 2.48 bits per heavy atom. The first-order chi connectivity index (χ1) is 24.8. The molecule has 2 fully saturated rings. The fourth-order valence-corrected chi connectivity index (χ4v) is 8.72. The molecule has 1 saturated heterocycles. The standard InChI is InChI=1S/C38H35N5O9/c1-16-18(3)52-25(27-26(16)17(2)29(44)28(30(27)45)34(48)49)14-22-31-39-21-10-6-4-8-19(21)33(47)42(31)24(32(46)40-22)15-38(51)20-9-5-7-11-23(20)43-35(38)41-37(12-13-37)36(43)50/h4-11,14,16,18,24-25,35,41,44-45,51H,12-13,15H2,1-3H3,(H,40,46)(H,48,49)/b22-14-/t16-,18-,24-,25-,35+,38-/m1/s1. The first-order valence-electron chi connectivity index (χ1n) is 17.2. The van der Waals surface area contributed by atoms with Crippen LogP contribution in [0.4, 0.5) is 5.69 Å². The van der Waals surface area contributed by atoms with E-state index in [1.165, 1.54) is 10.6 Å². The van der Waals surface area contributed by atoms with E-state index in [-0.39, 0.29) is 46.3 Å². The summed E-state index contributed by atoms with van der Waals surface area (Å²) in [5, 5.41) is 51.1. The van der Waals surface area contributed by atoms with Crippen molar-refractivity contribution in [1.29, 1.82) is 0 Å². The number of rotatable bonds is 4. The van der Waals surface area contributed by atoms with Crippen molar-refractivity contribution >= 4 is 40.1 Å². The Balaban J connectivity index is 1.21. The zero-order chi connectivity index (χ0) is 36.6. The highest BCUT2D eigenvalue weighted by atomic mass is 16.5. The lowest BCUT2D eigenvalue weighted by atomic mass is 9.81. The van der Waals surface area contributed by atoms with Crippen molar-refractivity contribution < 1.29 is 39.5 Å². The van der Waals surface area contributed by atoms with E-state index in [9.17, 15) is 39.6 Å². The van der Waals surface area contributed by atoms with Crippen LogP contribution in [0.5, 0.6) is 11.5 Å². The monoisotopic (exact) mass is 705 g/mol. The van der Waals surface area contributed by atoms with Crippen LogP contribution in [0.2, 0.25) is 0 Å². The molecule has 5 heterocycles. The van der Waals surface area contributed by atoms with Crippen molar-refractivity contribution in [1.82, 2.24) is 20.2 Å². The predicted molar refractivity (Wildman–Crippen MR) is 186 cm³/mol. The molecule has 0 unspecified atom stereocenters. The normalized spacial score (nSPS) is 28.8. The molecule has 9 rings (SSSR count). The van der Waals surface area contributed by atoms with Crippen molar-refractivity contribution in [3.63, 3.8) is 0 Å². The first kappa shape index (κ1) is 32.3. The van der Waals surface area contributed by atoms with Crippen LogP contribution in [0.1, 0.15) is 89.6 Å². The summed E-state index contributed by atoms with van der Waals surface area (Å²) in [4.78, 5) is 60.9. The predicted octanol–water partition coefficient (Wildman–Crippen LogP) is 3.18. The van der Waals surface area contributed by atoms with Gasteiger partial charge in [-0.1, -0.05) is 37.3 Å². The second-order valence-corrected chi connectivity index (χ2v) is 14.5. The summed E-state index contributed by atoms with van der Waals surface area (Å²) >= 11 is 0. The van der Waals surface area contributed by atoms with Crippen LogP contribution in [0.3, 0.4) is 0 Å². The van der Waals surface area contributed by atoms with Crippen LogP contribution in [0.15, 0.2) is 59.4 Å². The van der Waals surface area contributed by atoms with Gasteiger partial charge in [-0.25, -0.2) is 9.78 Å². The van der Waals surface area contributed by atoms with Crippen LogP contribution < -0.4 is 21.1 Å². The van der Waals surface area contributed by atoms with Gasteiger partial charge in [-0.05, 0) is 62.1 Å². The molecule has 3 aromatic carbocycles. The molecule has 52 heavy (non-hydrogen) atoms. The number of anilines is 1. The fraction of sp³-hybridized carbons (Fsp3) is 0.342. The zero-order valence-corrected chi connectivity index (χ0v) is 28.4. The Bertz CT molecular complexity index is 2400. The smallest absolute Gasteiger partial charge is 0.343 e. The molecule has 1 aromatic heterocycles. The summed E-state index contributed by atoms with van der Waals surface area (Å²) in [5.74, 6) is -3.83. The Morgan fingerprint density at radius 1 is 1.04 bits per heavy atom. The number of hydrogen-bond acceptors (Lipinski definition) is 10. The largest absolute Gasteiger partial charge is 0.507 e. The minimum atomic E-state index is -1.78. The molecule has 2 amide bonds. The Morgan fingerprint density at radius 2 is 1.75 bits per heavy atom. The Hall–Kier alpha value is -5.57. The number of carbonyl (C=O) groups is 3. The van der Waals surface area contributed by atoms with Crippen LogP contribution >= 0.6 is 0 Å². The lowest BCUT2D eigenvalue weighted by Gasteiger charge is -2.38. The van der Waals surface area contributed by atoms with Crippen molar-refractivity contribution in [3.8, 4) is 11.5 Å². The van der Waals surface area contributed by atoms with Gasteiger partial charge in [0.1, 0.15) is 46.5 Å². The molecule has 0 radical (unpaired) electrons. The topological polar surface area (TPSA) is 204 Å². The highest BCUT2D eigenvalue weighted by Crippen LogP contribution is 2.55. The number of phenols is 2. The summed E-state index contributed by atoms with van der Waals surface area (Å²) in [6.45, 7) is 5.20. The number of aliphatic hydroxyl groups is 1. The van der Waals surface area contributed by atoms with E-state index in [4.69, 9.17) is 9.72 Å². The van der Waals surface area contributed by atoms with Crippen LogP contribution in [-0.2, 0) is 19.9 Å². The lowest BCUT2D eigenvalue weighted by Crippen LogP contribution is -2.53. The maximum atomic E-state index is 14.4. The first-order valence-corrected chi connectivity index (χ1v) is 17.2. The summed E-state index contributed by atoms with van der Waals surface area (Å²) in [6, 6.07) is 12.4. The number of carbonyl (C=O) groups excluding carboxylic acids is 2. The number of amides is 2. The maximum absolute atomic E-state index is 14.4. The molecular formula is C38H35N5O9. The fourth-order valence-electron chi connectivity index (χ4n) is 8.72. The number of carboxylic acid groups (broad SMARTS) is 1. The number of carboxylic acids is 1. The van der Waals surface area contributed by atoms with Gasteiger partial charge in [0.2, 0.25) is 11.8 Å². The van der Waals surface area contributed by atoms with E-state index in [2.05, 4.69) is 10.6 Å². The number of para-hydroxylation sites is 2. The minimum absolute atomic E-state index is 0.0547. The number of aromatic carboxylic acids is 1. The summed E-state index contributed by atoms with van der Waals surface area (Å²) in [7, 11) is 0. The lowest BCUT2D eigenvalue weighted by molar-refractivity contribution is -0.126. The highest BCUT2D eigenvalue weighted by Gasteiger charge is 2.67.